The van der Waals surface area contributed by atoms with E-state index in [1.54, 1.807) is 11.3 Å². The van der Waals surface area contributed by atoms with Crippen molar-refractivity contribution in [2.45, 2.75) is 51.9 Å². The largest absolute Gasteiger partial charge is 0.356 e. The van der Waals surface area contributed by atoms with E-state index in [9.17, 15) is 9.59 Å². The quantitative estimate of drug-likeness (QED) is 0.836. The Kier molecular flexibility index (Phi) is 6.83. The number of aryl methyl sites for hydroxylation is 1. The first-order chi connectivity index (χ1) is 10.7. The summed E-state index contributed by atoms with van der Waals surface area (Å²) in [6, 6.07) is 0. The van der Waals surface area contributed by atoms with Crippen molar-refractivity contribution in [3.63, 3.8) is 0 Å². The Balaban J connectivity index is 1.64. The Morgan fingerprint density at radius 1 is 1.41 bits per heavy atom. The van der Waals surface area contributed by atoms with Gasteiger partial charge in [-0.05, 0) is 19.3 Å². The second-order valence-electron chi connectivity index (χ2n) is 5.63. The summed E-state index contributed by atoms with van der Waals surface area (Å²) in [6.45, 7) is 4.04. The Bertz CT molecular complexity index is 501. The molecule has 1 saturated heterocycles. The molecule has 1 aromatic heterocycles. The highest BCUT2D eigenvalue weighted by Crippen LogP contribution is 2.12. The van der Waals surface area contributed by atoms with Gasteiger partial charge < -0.3 is 10.2 Å². The molecule has 0 bridgehead atoms. The lowest BCUT2D eigenvalue weighted by Crippen LogP contribution is -2.35. The maximum absolute atomic E-state index is 11.9. The highest BCUT2D eigenvalue weighted by molar-refractivity contribution is 7.09. The number of hydrogen-bond donors (Lipinski definition) is 1. The molecule has 1 aliphatic rings. The predicted molar refractivity (Wildman–Crippen MR) is 87.9 cm³/mol. The Labute approximate surface area is 136 Å². The van der Waals surface area contributed by atoms with Crippen LogP contribution in [0.25, 0.3) is 0 Å². The van der Waals surface area contributed by atoms with Gasteiger partial charge in [-0.25, -0.2) is 4.98 Å². The third-order valence-corrected chi connectivity index (χ3v) is 4.86. The smallest absolute Gasteiger partial charge is 0.222 e. The molecule has 0 saturated carbocycles. The third kappa shape index (κ3) is 5.40. The SMILES string of the molecule is CCc1csc(CCNC(=O)CCN2CCCCCC2=O)n1. The minimum absolute atomic E-state index is 0.0179. The van der Waals surface area contributed by atoms with Crippen molar-refractivity contribution >= 4 is 23.2 Å². The summed E-state index contributed by atoms with van der Waals surface area (Å²) in [5.74, 6) is 0.212. The van der Waals surface area contributed by atoms with Crippen molar-refractivity contribution < 1.29 is 9.59 Å². The first-order valence-corrected chi connectivity index (χ1v) is 9.04. The van der Waals surface area contributed by atoms with E-state index in [4.69, 9.17) is 0 Å². The summed E-state index contributed by atoms with van der Waals surface area (Å²) in [6.07, 6.45) is 5.90. The van der Waals surface area contributed by atoms with Gasteiger partial charge in [-0.3, -0.25) is 9.59 Å². The van der Waals surface area contributed by atoms with Gasteiger partial charge in [0.25, 0.3) is 0 Å². The standard InChI is InChI=1S/C16H25N3O2S/c1-2-13-12-22-15(18-13)7-9-17-14(20)8-11-19-10-5-3-4-6-16(19)21/h12H,2-11H2,1H3,(H,17,20). The number of rotatable bonds is 7. The first-order valence-electron chi connectivity index (χ1n) is 8.16. The maximum Gasteiger partial charge on any atom is 0.222 e. The van der Waals surface area contributed by atoms with Crippen molar-refractivity contribution in [2.24, 2.45) is 0 Å². The van der Waals surface area contributed by atoms with Crippen LogP contribution in [0, 0.1) is 0 Å². The van der Waals surface area contributed by atoms with E-state index < -0.39 is 0 Å². The first kappa shape index (κ1) is 16.9. The number of nitrogens with zero attached hydrogens (tertiary/aromatic N) is 2. The molecule has 0 atom stereocenters. The van der Waals surface area contributed by atoms with Crippen LogP contribution in [0.2, 0.25) is 0 Å². The summed E-state index contributed by atoms with van der Waals surface area (Å²) >= 11 is 1.65. The number of nitrogens with one attached hydrogen (secondary N) is 1. The number of amides is 2. The molecule has 0 radical (unpaired) electrons. The van der Waals surface area contributed by atoms with E-state index in [-0.39, 0.29) is 11.8 Å². The summed E-state index contributed by atoms with van der Waals surface area (Å²) < 4.78 is 0. The number of carbonyl (C=O) groups excluding carboxylic acids is 2. The highest BCUT2D eigenvalue weighted by Gasteiger charge is 2.17. The van der Waals surface area contributed by atoms with Gasteiger partial charge in [0.2, 0.25) is 11.8 Å². The van der Waals surface area contributed by atoms with Crippen molar-refractivity contribution in [2.75, 3.05) is 19.6 Å². The van der Waals surface area contributed by atoms with Crippen LogP contribution in [-0.2, 0) is 22.4 Å². The van der Waals surface area contributed by atoms with Crippen LogP contribution in [0.4, 0.5) is 0 Å². The number of hydrogen-bond acceptors (Lipinski definition) is 4. The monoisotopic (exact) mass is 323 g/mol. The molecule has 122 valence electrons. The van der Waals surface area contributed by atoms with Crippen molar-refractivity contribution in [3.05, 3.63) is 16.1 Å². The molecule has 0 aromatic carbocycles. The van der Waals surface area contributed by atoms with Crippen molar-refractivity contribution in [1.29, 1.82) is 0 Å². The molecule has 5 nitrogen and oxygen atoms in total. The molecule has 2 heterocycles. The number of carbonyl (C=O) groups is 2. The Morgan fingerprint density at radius 3 is 3.05 bits per heavy atom. The second kappa shape index (κ2) is 8.88. The Morgan fingerprint density at radius 2 is 2.27 bits per heavy atom. The molecule has 0 spiro atoms. The van der Waals surface area contributed by atoms with Gasteiger partial charge in [0.05, 0.1) is 10.7 Å². The maximum atomic E-state index is 11.9. The fourth-order valence-electron chi connectivity index (χ4n) is 2.53. The summed E-state index contributed by atoms with van der Waals surface area (Å²) in [4.78, 5) is 30.0. The van der Waals surface area contributed by atoms with Crippen molar-refractivity contribution in [3.8, 4) is 0 Å². The minimum Gasteiger partial charge on any atom is -0.356 e. The fourth-order valence-corrected chi connectivity index (χ4v) is 3.42. The lowest BCUT2D eigenvalue weighted by molar-refractivity contribution is -0.131. The summed E-state index contributed by atoms with van der Waals surface area (Å²) in [5, 5.41) is 6.06. The average Bonchev–Trinajstić information content (AvgIpc) is 2.87. The van der Waals surface area contributed by atoms with Gasteiger partial charge in [-0.1, -0.05) is 13.3 Å². The number of likely N-dealkylation sites (tertiary alicyclic amines) is 1. The van der Waals surface area contributed by atoms with Gasteiger partial charge in [0.1, 0.15) is 0 Å². The number of aromatic nitrogens is 1. The molecule has 0 aliphatic carbocycles. The fraction of sp³-hybridized carbons (Fsp3) is 0.688. The van der Waals surface area contributed by atoms with E-state index in [0.29, 0.717) is 25.9 Å². The van der Waals surface area contributed by atoms with Crippen molar-refractivity contribution in [1.82, 2.24) is 15.2 Å². The normalized spacial score (nSPS) is 15.7. The van der Waals surface area contributed by atoms with E-state index >= 15 is 0 Å². The van der Waals surface area contributed by atoms with E-state index in [0.717, 1.165) is 49.4 Å². The topological polar surface area (TPSA) is 62.3 Å². The van der Waals surface area contributed by atoms with Crippen LogP contribution in [0.5, 0.6) is 0 Å². The molecule has 6 heteroatoms. The molecular formula is C16H25N3O2S. The summed E-state index contributed by atoms with van der Waals surface area (Å²) in [7, 11) is 0. The highest BCUT2D eigenvalue weighted by atomic mass is 32.1. The molecule has 1 fully saturated rings. The molecule has 0 unspecified atom stereocenters. The Hall–Kier alpha value is -1.43. The lowest BCUT2D eigenvalue weighted by Gasteiger charge is -2.19. The van der Waals surface area contributed by atoms with E-state index in [2.05, 4.69) is 22.6 Å². The molecule has 22 heavy (non-hydrogen) atoms. The molecule has 1 aliphatic heterocycles. The molecular weight excluding hydrogens is 298 g/mol. The van der Waals surface area contributed by atoms with E-state index in [1.807, 2.05) is 4.90 Å². The predicted octanol–water partition coefficient (Wildman–Crippen LogP) is 2.16. The van der Waals surface area contributed by atoms with Crippen LogP contribution < -0.4 is 5.32 Å². The van der Waals surface area contributed by atoms with Gasteiger partial charge in [-0.2, -0.15) is 0 Å². The molecule has 1 aromatic rings. The zero-order valence-electron chi connectivity index (χ0n) is 13.3. The second-order valence-corrected chi connectivity index (χ2v) is 6.57. The van der Waals surface area contributed by atoms with Crippen LogP contribution in [0.1, 0.15) is 49.7 Å². The third-order valence-electron chi connectivity index (χ3n) is 3.90. The summed E-state index contributed by atoms with van der Waals surface area (Å²) in [5.41, 5.74) is 1.12. The average molecular weight is 323 g/mol. The minimum atomic E-state index is 0.0179. The van der Waals surface area contributed by atoms with Gasteiger partial charge in [0.15, 0.2) is 0 Å². The zero-order valence-corrected chi connectivity index (χ0v) is 14.1. The molecule has 1 N–H and O–H groups in total. The van der Waals surface area contributed by atoms with Crippen LogP contribution in [-0.4, -0.2) is 41.3 Å². The van der Waals surface area contributed by atoms with Crippen LogP contribution in [0.15, 0.2) is 5.38 Å². The molecule has 2 rings (SSSR count). The van der Waals surface area contributed by atoms with Crippen LogP contribution in [0.3, 0.4) is 0 Å². The van der Waals surface area contributed by atoms with Crippen LogP contribution >= 0.6 is 11.3 Å². The lowest BCUT2D eigenvalue weighted by atomic mass is 10.2. The van der Waals surface area contributed by atoms with Gasteiger partial charge >= 0.3 is 0 Å². The number of thiazole rings is 1. The zero-order chi connectivity index (χ0) is 15.8. The molecule has 2 amide bonds. The van der Waals surface area contributed by atoms with E-state index in [1.165, 1.54) is 0 Å². The van der Waals surface area contributed by atoms with Gasteiger partial charge in [-0.15, -0.1) is 11.3 Å². The van der Waals surface area contributed by atoms with Gasteiger partial charge in [0, 0.05) is 44.3 Å².